The third-order valence-electron chi connectivity index (χ3n) is 5.40. The zero-order chi connectivity index (χ0) is 21.7. The zero-order valence-electron chi connectivity index (χ0n) is 16.9. The van der Waals surface area contributed by atoms with Gasteiger partial charge in [-0.3, -0.25) is 24.1 Å². The van der Waals surface area contributed by atoms with E-state index in [1.54, 1.807) is 23.1 Å². The first kappa shape index (κ1) is 22.0. The van der Waals surface area contributed by atoms with Crippen molar-refractivity contribution in [1.82, 2.24) is 20.0 Å². The quantitative estimate of drug-likeness (QED) is 0.616. The number of carbonyl (C=O) groups excluding carboxylic acids is 4. The SMILES string of the molecule is Cc1ccc(NC(=O)C[C@H]2C(=O)NCCN2C(=O)CN2CCN(C=O)CC2)cc1Cl. The highest BCUT2D eigenvalue weighted by atomic mass is 35.5. The molecule has 2 fully saturated rings. The van der Waals surface area contributed by atoms with Gasteiger partial charge in [0.2, 0.25) is 24.1 Å². The normalized spacial score (nSPS) is 19.9. The fourth-order valence-corrected chi connectivity index (χ4v) is 3.76. The van der Waals surface area contributed by atoms with Gasteiger partial charge >= 0.3 is 0 Å². The monoisotopic (exact) mass is 435 g/mol. The highest BCUT2D eigenvalue weighted by molar-refractivity contribution is 6.31. The summed E-state index contributed by atoms with van der Waals surface area (Å²) in [6, 6.07) is 4.33. The Morgan fingerprint density at radius 2 is 1.97 bits per heavy atom. The van der Waals surface area contributed by atoms with Gasteiger partial charge in [0.15, 0.2) is 0 Å². The minimum absolute atomic E-state index is 0.137. The molecule has 1 aromatic carbocycles. The Kier molecular flexibility index (Phi) is 7.28. The number of nitrogens with one attached hydrogen (secondary N) is 2. The molecule has 0 spiro atoms. The third-order valence-corrected chi connectivity index (χ3v) is 5.81. The molecular formula is C20H26ClN5O4. The van der Waals surface area contributed by atoms with Crippen molar-refractivity contribution in [2.45, 2.75) is 19.4 Å². The number of aryl methyl sites for hydroxylation is 1. The van der Waals surface area contributed by atoms with Crippen molar-refractivity contribution < 1.29 is 19.2 Å². The van der Waals surface area contributed by atoms with Crippen LogP contribution in [0.25, 0.3) is 0 Å². The predicted octanol–water partition coefficient (Wildman–Crippen LogP) is 0.0780. The van der Waals surface area contributed by atoms with Crippen molar-refractivity contribution >= 4 is 41.4 Å². The summed E-state index contributed by atoms with van der Waals surface area (Å²) in [5.74, 6) is -0.896. The Labute approximate surface area is 180 Å². The van der Waals surface area contributed by atoms with Crippen molar-refractivity contribution in [2.24, 2.45) is 0 Å². The lowest BCUT2D eigenvalue weighted by Crippen LogP contribution is -2.60. The van der Waals surface area contributed by atoms with Gasteiger partial charge in [0.1, 0.15) is 6.04 Å². The second-order valence-electron chi connectivity index (χ2n) is 7.53. The molecule has 3 rings (SSSR count). The van der Waals surface area contributed by atoms with Crippen LogP contribution in [0.1, 0.15) is 12.0 Å². The first-order valence-electron chi connectivity index (χ1n) is 9.92. The molecule has 4 amide bonds. The number of rotatable bonds is 6. The number of hydrogen-bond acceptors (Lipinski definition) is 5. The van der Waals surface area contributed by atoms with Gasteiger partial charge in [0.25, 0.3) is 0 Å². The zero-order valence-corrected chi connectivity index (χ0v) is 17.7. The second kappa shape index (κ2) is 9.90. The molecule has 0 radical (unpaired) electrons. The highest BCUT2D eigenvalue weighted by Gasteiger charge is 2.35. The van der Waals surface area contributed by atoms with Gasteiger partial charge in [0.05, 0.1) is 13.0 Å². The second-order valence-corrected chi connectivity index (χ2v) is 7.93. The molecule has 1 aromatic rings. The van der Waals surface area contributed by atoms with E-state index in [1.165, 1.54) is 4.90 Å². The van der Waals surface area contributed by atoms with Crippen molar-refractivity contribution in [1.29, 1.82) is 0 Å². The summed E-state index contributed by atoms with van der Waals surface area (Å²) in [5.41, 5.74) is 1.44. The Morgan fingerprint density at radius 1 is 1.23 bits per heavy atom. The van der Waals surface area contributed by atoms with Crippen LogP contribution in [-0.2, 0) is 19.2 Å². The molecule has 9 nitrogen and oxygen atoms in total. The summed E-state index contributed by atoms with van der Waals surface area (Å²) in [4.78, 5) is 53.7. The van der Waals surface area contributed by atoms with Gasteiger partial charge in [-0.15, -0.1) is 0 Å². The number of carbonyl (C=O) groups is 4. The van der Waals surface area contributed by atoms with E-state index in [2.05, 4.69) is 10.6 Å². The third kappa shape index (κ3) is 5.48. The van der Waals surface area contributed by atoms with Crippen LogP contribution in [0.5, 0.6) is 0 Å². The van der Waals surface area contributed by atoms with E-state index in [4.69, 9.17) is 11.6 Å². The Balaban J connectivity index is 1.60. The first-order valence-corrected chi connectivity index (χ1v) is 10.3. The summed E-state index contributed by atoms with van der Waals surface area (Å²) in [6.45, 7) is 5.08. The van der Waals surface area contributed by atoms with Crippen molar-refractivity contribution in [2.75, 3.05) is 51.1 Å². The molecule has 162 valence electrons. The van der Waals surface area contributed by atoms with E-state index >= 15 is 0 Å². The van der Waals surface area contributed by atoms with E-state index in [0.29, 0.717) is 50.0 Å². The summed E-state index contributed by atoms with van der Waals surface area (Å²) in [5, 5.41) is 6.00. The number of anilines is 1. The van der Waals surface area contributed by atoms with Crippen LogP contribution < -0.4 is 10.6 Å². The fourth-order valence-electron chi connectivity index (χ4n) is 3.58. The molecule has 30 heavy (non-hydrogen) atoms. The van der Waals surface area contributed by atoms with Crippen LogP contribution >= 0.6 is 11.6 Å². The lowest BCUT2D eigenvalue weighted by molar-refractivity contribution is -0.145. The Bertz CT molecular complexity index is 825. The van der Waals surface area contributed by atoms with Gasteiger partial charge in [-0.1, -0.05) is 17.7 Å². The Morgan fingerprint density at radius 3 is 2.63 bits per heavy atom. The molecule has 0 aromatic heterocycles. The minimum Gasteiger partial charge on any atom is -0.353 e. The predicted molar refractivity (Wildman–Crippen MR) is 112 cm³/mol. The minimum atomic E-state index is -0.858. The van der Waals surface area contributed by atoms with Crippen LogP contribution in [0, 0.1) is 6.92 Å². The van der Waals surface area contributed by atoms with E-state index in [1.807, 2.05) is 11.8 Å². The molecular weight excluding hydrogens is 410 g/mol. The van der Waals surface area contributed by atoms with E-state index in [9.17, 15) is 19.2 Å². The molecule has 2 aliphatic heterocycles. The molecule has 0 bridgehead atoms. The molecule has 2 heterocycles. The average molecular weight is 436 g/mol. The number of amides is 4. The maximum Gasteiger partial charge on any atom is 0.243 e. The molecule has 2 aliphatic rings. The van der Waals surface area contributed by atoms with Gasteiger partial charge in [-0.25, -0.2) is 0 Å². The summed E-state index contributed by atoms with van der Waals surface area (Å²) >= 11 is 6.09. The van der Waals surface area contributed by atoms with Crippen LogP contribution in [0.15, 0.2) is 18.2 Å². The molecule has 0 saturated carbocycles. The standard InChI is InChI=1S/C20H26ClN5O4/c1-14-2-3-15(10-16(14)21)23-18(28)11-17-20(30)22-4-5-26(17)19(29)12-24-6-8-25(13-27)9-7-24/h2-3,10,13,17H,4-9,11-12H2,1H3,(H,22,30)(H,23,28)/t17-/m0/s1. The van der Waals surface area contributed by atoms with Crippen LogP contribution in [0.2, 0.25) is 5.02 Å². The topological polar surface area (TPSA) is 102 Å². The van der Waals surface area contributed by atoms with E-state index in [0.717, 1.165) is 12.0 Å². The number of nitrogens with zero attached hydrogens (tertiary/aromatic N) is 3. The van der Waals surface area contributed by atoms with Gasteiger partial charge in [-0.05, 0) is 24.6 Å². The highest BCUT2D eigenvalue weighted by Crippen LogP contribution is 2.20. The van der Waals surface area contributed by atoms with Gasteiger partial charge in [-0.2, -0.15) is 0 Å². The number of piperazine rings is 2. The van der Waals surface area contributed by atoms with E-state index < -0.39 is 6.04 Å². The maximum atomic E-state index is 12.9. The lowest BCUT2D eigenvalue weighted by atomic mass is 10.1. The largest absolute Gasteiger partial charge is 0.353 e. The molecule has 2 N–H and O–H groups in total. The van der Waals surface area contributed by atoms with Gasteiger partial charge < -0.3 is 20.4 Å². The van der Waals surface area contributed by atoms with Crippen molar-refractivity contribution in [3.05, 3.63) is 28.8 Å². The van der Waals surface area contributed by atoms with Crippen molar-refractivity contribution in [3.63, 3.8) is 0 Å². The maximum absolute atomic E-state index is 12.9. The van der Waals surface area contributed by atoms with Crippen LogP contribution in [0.3, 0.4) is 0 Å². The molecule has 2 saturated heterocycles. The number of benzene rings is 1. The smallest absolute Gasteiger partial charge is 0.243 e. The summed E-state index contributed by atoms with van der Waals surface area (Å²) in [6.07, 6.45) is 0.673. The van der Waals surface area contributed by atoms with Gasteiger partial charge in [0, 0.05) is 50.0 Å². The first-order chi connectivity index (χ1) is 14.4. The van der Waals surface area contributed by atoms with E-state index in [-0.39, 0.29) is 30.7 Å². The molecule has 10 heteroatoms. The number of halogens is 1. The summed E-state index contributed by atoms with van der Waals surface area (Å²) < 4.78 is 0. The van der Waals surface area contributed by atoms with Crippen LogP contribution in [0.4, 0.5) is 5.69 Å². The average Bonchev–Trinajstić information content (AvgIpc) is 2.72. The lowest BCUT2D eigenvalue weighted by Gasteiger charge is -2.37. The van der Waals surface area contributed by atoms with Crippen molar-refractivity contribution in [3.8, 4) is 0 Å². The fraction of sp³-hybridized carbons (Fsp3) is 0.500. The molecule has 1 atom stereocenters. The molecule has 0 aliphatic carbocycles. The number of hydrogen-bond donors (Lipinski definition) is 2. The van der Waals surface area contributed by atoms with Crippen LogP contribution in [-0.4, -0.2) is 90.7 Å². The Hall–Kier alpha value is -2.65. The molecule has 0 unspecified atom stereocenters. The summed E-state index contributed by atoms with van der Waals surface area (Å²) in [7, 11) is 0.